The molecule has 6 heteroatoms. The van der Waals surface area contributed by atoms with Gasteiger partial charge in [0, 0.05) is 36.4 Å². The van der Waals surface area contributed by atoms with Crippen LogP contribution in [0, 0.1) is 6.92 Å². The first-order valence-electron chi connectivity index (χ1n) is 7.16. The minimum atomic E-state index is 0.459. The first kappa shape index (κ1) is 15.2. The zero-order valence-electron chi connectivity index (χ0n) is 12.8. The predicted octanol–water partition coefficient (Wildman–Crippen LogP) is 4.29. The summed E-state index contributed by atoms with van der Waals surface area (Å²) in [4.78, 5) is 12.9. The van der Waals surface area contributed by atoms with Crippen molar-refractivity contribution in [2.75, 3.05) is 17.7 Å². The molecule has 0 aliphatic heterocycles. The van der Waals surface area contributed by atoms with Gasteiger partial charge < -0.3 is 10.6 Å². The molecule has 0 amide bonds. The fourth-order valence-corrected chi connectivity index (χ4v) is 2.25. The van der Waals surface area contributed by atoms with Crippen molar-refractivity contribution in [1.29, 1.82) is 0 Å². The smallest absolute Gasteiger partial charge is 0.227 e. The van der Waals surface area contributed by atoms with Gasteiger partial charge in [-0.2, -0.15) is 0 Å². The Balaban J connectivity index is 1.90. The summed E-state index contributed by atoms with van der Waals surface area (Å²) in [6.45, 7) is 2.04. The van der Waals surface area contributed by atoms with Gasteiger partial charge in [0.1, 0.15) is 5.15 Å². The molecule has 2 N–H and O–H groups in total. The van der Waals surface area contributed by atoms with Crippen molar-refractivity contribution in [1.82, 2.24) is 15.0 Å². The molecule has 3 aromatic rings. The summed E-state index contributed by atoms with van der Waals surface area (Å²) in [7, 11) is 1.89. The first-order chi connectivity index (χ1) is 11.2. The van der Waals surface area contributed by atoms with Crippen LogP contribution in [0.4, 0.5) is 17.3 Å². The van der Waals surface area contributed by atoms with Crippen LogP contribution in [0.25, 0.3) is 11.3 Å². The highest BCUT2D eigenvalue weighted by Crippen LogP contribution is 2.24. The lowest BCUT2D eigenvalue weighted by molar-refractivity contribution is 1.16. The quantitative estimate of drug-likeness (QED) is 0.701. The Morgan fingerprint density at radius 1 is 1.04 bits per heavy atom. The van der Waals surface area contributed by atoms with E-state index in [4.69, 9.17) is 11.6 Å². The molecule has 0 saturated carbocycles. The third-order valence-corrected chi connectivity index (χ3v) is 3.68. The number of rotatable bonds is 4. The van der Waals surface area contributed by atoms with Crippen LogP contribution in [-0.4, -0.2) is 22.0 Å². The summed E-state index contributed by atoms with van der Waals surface area (Å²) >= 11 is 5.82. The first-order valence-corrected chi connectivity index (χ1v) is 7.54. The second kappa shape index (κ2) is 6.62. The number of halogens is 1. The van der Waals surface area contributed by atoms with Gasteiger partial charge in [0.05, 0.1) is 5.69 Å². The number of hydrogen-bond donors (Lipinski definition) is 2. The molecule has 3 rings (SSSR count). The molecular weight excluding hydrogens is 310 g/mol. The van der Waals surface area contributed by atoms with E-state index in [0.29, 0.717) is 11.1 Å². The Morgan fingerprint density at radius 3 is 2.65 bits per heavy atom. The highest BCUT2D eigenvalue weighted by atomic mass is 35.5. The Morgan fingerprint density at radius 2 is 1.91 bits per heavy atom. The van der Waals surface area contributed by atoms with Crippen molar-refractivity contribution in [3.63, 3.8) is 0 Å². The van der Waals surface area contributed by atoms with Gasteiger partial charge in [0.15, 0.2) is 0 Å². The summed E-state index contributed by atoms with van der Waals surface area (Å²) in [5.41, 5.74) is 4.78. The van der Waals surface area contributed by atoms with Crippen LogP contribution in [0.5, 0.6) is 0 Å². The molecule has 116 valence electrons. The van der Waals surface area contributed by atoms with E-state index in [1.54, 1.807) is 18.5 Å². The van der Waals surface area contributed by atoms with Crippen LogP contribution in [0.15, 0.2) is 48.8 Å². The minimum absolute atomic E-state index is 0.459. The molecule has 2 aromatic heterocycles. The van der Waals surface area contributed by atoms with E-state index >= 15 is 0 Å². The number of nitrogens with zero attached hydrogens (tertiary/aromatic N) is 3. The Kier molecular flexibility index (Phi) is 4.39. The van der Waals surface area contributed by atoms with Gasteiger partial charge in [-0.15, -0.1) is 0 Å². The normalized spacial score (nSPS) is 10.4. The van der Waals surface area contributed by atoms with Crippen LogP contribution in [0.3, 0.4) is 0 Å². The van der Waals surface area contributed by atoms with Crippen LogP contribution in [0.1, 0.15) is 5.56 Å². The van der Waals surface area contributed by atoms with Crippen molar-refractivity contribution in [3.05, 3.63) is 59.5 Å². The molecule has 0 fully saturated rings. The second-order valence-corrected chi connectivity index (χ2v) is 5.43. The van der Waals surface area contributed by atoms with Crippen LogP contribution in [0.2, 0.25) is 5.15 Å². The molecule has 23 heavy (non-hydrogen) atoms. The molecule has 0 aliphatic carbocycles. The lowest BCUT2D eigenvalue weighted by Crippen LogP contribution is -2.00. The molecule has 0 aliphatic rings. The van der Waals surface area contributed by atoms with E-state index in [1.165, 1.54) is 0 Å². The zero-order valence-corrected chi connectivity index (χ0v) is 13.6. The largest absolute Gasteiger partial charge is 0.388 e. The van der Waals surface area contributed by atoms with Gasteiger partial charge in [-0.3, -0.25) is 0 Å². The minimum Gasteiger partial charge on any atom is -0.388 e. The Hall–Kier alpha value is -2.66. The fraction of sp³-hybridized carbons (Fsp3) is 0.118. The topological polar surface area (TPSA) is 62.7 Å². The van der Waals surface area contributed by atoms with Gasteiger partial charge in [0.2, 0.25) is 5.95 Å². The Bertz CT molecular complexity index is 817. The number of hydrogen-bond acceptors (Lipinski definition) is 5. The maximum Gasteiger partial charge on any atom is 0.227 e. The SMILES string of the molecule is CNc1ccc(C)c(Nc2nccc(-c3ccc(Cl)nc3)n2)c1. The average molecular weight is 326 g/mol. The number of aryl methyl sites for hydroxylation is 1. The molecule has 1 aromatic carbocycles. The lowest BCUT2D eigenvalue weighted by Gasteiger charge is -2.11. The van der Waals surface area contributed by atoms with E-state index in [2.05, 4.69) is 25.6 Å². The maximum atomic E-state index is 5.82. The van der Waals surface area contributed by atoms with Gasteiger partial charge in [-0.05, 0) is 42.8 Å². The second-order valence-electron chi connectivity index (χ2n) is 5.04. The number of aromatic nitrogens is 3. The maximum absolute atomic E-state index is 5.82. The molecule has 2 heterocycles. The monoisotopic (exact) mass is 325 g/mol. The number of anilines is 3. The number of nitrogens with one attached hydrogen (secondary N) is 2. The average Bonchev–Trinajstić information content (AvgIpc) is 2.58. The Labute approximate surface area is 139 Å². The van der Waals surface area contributed by atoms with E-state index in [9.17, 15) is 0 Å². The summed E-state index contributed by atoms with van der Waals surface area (Å²) < 4.78 is 0. The zero-order chi connectivity index (χ0) is 16.2. The lowest BCUT2D eigenvalue weighted by atomic mass is 10.2. The summed E-state index contributed by atoms with van der Waals surface area (Å²) in [5, 5.41) is 6.84. The fourth-order valence-electron chi connectivity index (χ4n) is 2.14. The summed E-state index contributed by atoms with van der Waals surface area (Å²) in [5.74, 6) is 0.536. The van der Waals surface area contributed by atoms with Crippen LogP contribution < -0.4 is 10.6 Å². The molecule has 0 saturated heterocycles. The highest BCUT2D eigenvalue weighted by Gasteiger charge is 2.05. The van der Waals surface area contributed by atoms with Crippen molar-refractivity contribution >= 4 is 28.9 Å². The molecular formula is C17H16ClN5. The molecule has 0 spiro atoms. The number of benzene rings is 1. The highest BCUT2D eigenvalue weighted by molar-refractivity contribution is 6.29. The summed E-state index contributed by atoms with van der Waals surface area (Å²) in [6, 6.07) is 11.6. The standard InChI is InChI=1S/C17H16ClN5/c1-11-3-5-13(19-2)9-15(11)23-17-20-8-7-14(22-17)12-4-6-16(18)21-10-12/h3-10,19H,1-2H3,(H,20,22,23). The summed E-state index contributed by atoms with van der Waals surface area (Å²) in [6.07, 6.45) is 3.41. The van der Waals surface area contributed by atoms with Crippen molar-refractivity contribution in [3.8, 4) is 11.3 Å². The van der Waals surface area contributed by atoms with Crippen molar-refractivity contribution in [2.45, 2.75) is 6.92 Å². The van der Waals surface area contributed by atoms with Crippen molar-refractivity contribution < 1.29 is 0 Å². The van der Waals surface area contributed by atoms with Crippen molar-refractivity contribution in [2.24, 2.45) is 0 Å². The molecule has 5 nitrogen and oxygen atoms in total. The van der Waals surface area contributed by atoms with E-state index in [1.807, 2.05) is 44.3 Å². The van der Waals surface area contributed by atoms with Crippen LogP contribution >= 0.6 is 11.6 Å². The molecule has 0 atom stereocenters. The number of pyridine rings is 1. The predicted molar refractivity (Wildman–Crippen MR) is 94.3 cm³/mol. The molecule has 0 bridgehead atoms. The third kappa shape index (κ3) is 3.57. The van der Waals surface area contributed by atoms with E-state index < -0.39 is 0 Å². The van der Waals surface area contributed by atoms with E-state index in [-0.39, 0.29) is 0 Å². The van der Waals surface area contributed by atoms with E-state index in [0.717, 1.165) is 28.2 Å². The van der Waals surface area contributed by atoms with Gasteiger partial charge in [-0.25, -0.2) is 15.0 Å². The van der Waals surface area contributed by atoms with Gasteiger partial charge in [0.25, 0.3) is 0 Å². The van der Waals surface area contributed by atoms with Gasteiger partial charge in [-0.1, -0.05) is 17.7 Å². The third-order valence-electron chi connectivity index (χ3n) is 3.45. The van der Waals surface area contributed by atoms with Crippen LogP contribution in [-0.2, 0) is 0 Å². The molecule has 0 radical (unpaired) electrons. The molecule has 0 unspecified atom stereocenters. The van der Waals surface area contributed by atoms with Gasteiger partial charge >= 0.3 is 0 Å².